The van der Waals surface area contributed by atoms with Gasteiger partial charge in [-0.3, -0.25) is 9.35 Å². The Morgan fingerprint density at radius 2 is 2.03 bits per heavy atom. The van der Waals surface area contributed by atoms with Crippen LogP contribution in [0, 0.1) is 0 Å². The fourth-order valence-corrected chi connectivity index (χ4v) is 5.65. The predicted molar refractivity (Wildman–Crippen MR) is 126 cm³/mol. The summed E-state index contributed by atoms with van der Waals surface area (Å²) in [6.45, 7) is 1.25. The number of carbonyl (C=O) groups is 1. The first-order chi connectivity index (χ1) is 15.1. The lowest BCUT2D eigenvalue weighted by Gasteiger charge is -2.14. The summed E-state index contributed by atoms with van der Waals surface area (Å²) in [6, 6.07) is 9.92. The maximum absolute atomic E-state index is 11.7. The first-order valence-electron chi connectivity index (χ1n) is 9.45. The van der Waals surface area contributed by atoms with Gasteiger partial charge in [-0.1, -0.05) is 29.3 Å². The average molecular weight is 513 g/mol. The van der Waals surface area contributed by atoms with E-state index in [1.54, 1.807) is 29.3 Å². The molecule has 0 spiro atoms. The zero-order chi connectivity index (χ0) is 23.0. The first kappa shape index (κ1) is 23.0. The molecule has 0 bridgehead atoms. The number of carbonyl (C=O) groups excluding carboxylic acids is 1. The molecule has 1 amide bonds. The van der Waals surface area contributed by atoms with Crippen LogP contribution >= 0.6 is 34.5 Å². The number of amides is 1. The van der Waals surface area contributed by atoms with E-state index in [0.29, 0.717) is 23.3 Å². The van der Waals surface area contributed by atoms with E-state index in [4.69, 9.17) is 33.5 Å². The van der Waals surface area contributed by atoms with Gasteiger partial charge in [0.25, 0.3) is 0 Å². The van der Waals surface area contributed by atoms with E-state index < -0.39 is 10.1 Å². The number of benzene rings is 1. The molecular weight excluding hydrogens is 495 g/mol. The number of nitrogens with zero attached hydrogens (tertiary/aromatic N) is 2. The van der Waals surface area contributed by atoms with E-state index in [1.165, 1.54) is 6.07 Å². The number of H-pyrrole nitrogens is 1. The predicted octanol–water partition coefficient (Wildman–Crippen LogP) is 4.08. The number of halogens is 2. The smallest absolute Gasteiger partial charge is 0.304 e. The standard InChI is InChI=1S/C12H13ClN4O.C8H5ClO3S2/c13-11-8-5-7(16-10(8)1-3-15-11)6-17-4-2-9(14)12(17)18;9-6-2-1-5-3-8(14(10,11)12)13-7(5)4-6/h1,3,5,9,16H,2,4,6,14H2;1-4H,(H,10,11,12)/t9-;/m0./s1. The minimum atomic E-state index is -4.10. The molecule has 0 unspecified atom stereocenters. The van der Waals surface area contributed by atoms with Crippen molar-refractivity contribution in [3.63, 3.8) is 0 Å². The number of nitrogens with one attached hydrogen (secondary N) is 1. The van der Waals surface area contributed by atoms with E-state index in [2.05, 4.69) is 9.97 Å². The molecule has 168 valence electrons. The van der Waals surface area contributed by atoms with E-state index in [-0.39, 0.29) is 16.2 Å². The van der Waals surface area contributed by atoms with Crippen LogP contribution in [0.4, 0.5) is 0 Å². The Hall–Kier alpha value is -2.21. The molecule has 3 aromatic heterocycles. The average Bonchev–Trinajstić information content (AvgIpc) is 3.42. The second-order valence-corrected chi connectivity index (χ2v) is 10.8. The van der Waals surface area contributed by atoms with Crippen molar-refractivity contribution in [2.75, 3.05) is 6.54 Å². The minimum Gasteiger partial charge on any atom is -0.357 e. The third-order valence-electron chi connectivity index (χ3n) is 4.97. The highest BCUT2D eigenvalue weighted by molar-refractivity contribution is 7.88. The third kappa shape index (κ3) is 4.90. The SMILES string of the molecule is N[C@H]1CCN(Cc2cc3c(Cl)nccc3[nH]2)C1=O.O=S(=O)(O)c1cc2ccc(Cl)cc2s1. The number of pyridine rings is 1. The monoisotopic (exact) mass is 512 g/mol. The van der Waals surface area contributed by atoms with E-state index in [1.807, 2.05) is 12.1 Å². The molecule has 8 nitrogen and oxygen atoms in total. The zero-order valence-corrected chi connectivity index (χ0v) is 19.6. The van der Waals surface area contributed by atoms with Crippen LogP contribution in [-0.2, 0) is 21.5 Å². The van der Waals surface area contributed by atoms with Crippen LogP contribution in [0.15, 0.2) is 46.8 Å². The molecule has 1 saturated heterocycles. The van der Waals surface area contributed by atoms with Gasteiger partial charge in [0.05, 0.1) is 18.1 Å². The largest absolute Gasteiger partial charge is 0.357 e. The van der Waals surface area contributed by atoms with Gasteiger partial charge < -0.3 is 15.6 Å². The summed E-state index contributed by atoms with van der Waals surface area (Å²) in [7, 11) is -4.10. The number of rotatable bonds is 3. The second kappa shape index (κ2) is 8.97. The summed E-state index contributed by atoms with van der Waals surface area (Å²) in [5, 5.41) is 2.65. The lowest BCUT2D eigenvalue weighted by Crippen LogP contribution is -2.33. The van der Waals surface area contributed by atoms with E-state index >= 15 is 0 Å². The molecule has 4 N–H and O–H groups in total. The summed E-state index contributed by atoms with van der Waals surface area (Å²) in [5.74, 6) is 0.0119. The molecule has 1 aromatic carbocycles. The van der Waals surface area contributed by atoms with Gasteiger partial charge in [-0.05, 0) is 42.1 Å². The summed E-state index contributed by atoms with van der Waals surface area (Å²) in [5.41, 5.74) is 7.57. The number of hydrogen-bond acceptors (Lipinski definition) is 6. The molecule has 1 aliphatic rings. The van der Waals surface area contributed by atoms with Gasteiger partial charge in [-0.25, -0.2) is 4.98 Å². The van der Waals surface area contributed by atoms with Crippen molar-refractivity contribution in [1.82, 2.24) is 14.9 Å². The highest BCUT2D eigenvalue weighted by Crippen LogP contribution is 2.30. The lowest BCUT2D eigenvalue weighted by molar-refractivity contribution is -0.129. The van der Waals surface area contributed by atoms with Gasteiger partial charge in [-0.2, -0.15) is 8.42 Å². The molecule has 0 saturated carbocycles. The molecule has 1 fully saturated rings. The fourth-order valence-electron chi connectivity index (χ4n) is 3.40. The second-order valence-electron chi connectivity index (χ2n) is 7.24. The number of likely N-dealkylation sites (tertiary alicyclic amines) is 1. The van der Waals surface area contributed by atoms with Gasteiger partial charge in [0.1, 0.15) is 9.36 Å². The Bertz CT molecular complexity index is 1420. The molecule has 32 heavy (non-hydrogen) atoms. The lowest BCUT2D eigenvalue weighted by atomic mass is 10.3. The maximum Gasteiger partial charge on any atom is 0.304 e. The van der Waals surface area contributed by atoms with Crippen molar-refractivity contribution >= 4 is 71.6 Å². The van der Waals surface area contributed by atoms with Crippen LogP contribution in [0.25, 0.3) is 21.0 Å². The first-order valence-corrected chi connectivity index (χ1v) is 12.5. The molecule has 4 heterocycles. The number of nitrogens with two attached hydrogens (primary N) is 1. The number of fused-ring (bicyclic) bond motifs is 2. The molecular formula is C20H18Cl2N4O4S2. The van der Waals surface area contributed by atoms with Crippen LogP contribution in [0.1, 0.15) is 12.1 Å². The Morgan fingerprint density at radius 1 is 1.25 bits per heavy atom. The Labute approximate surface area is 197 Å². The van der Waals surface area contributed by atoms with Crippen LogP contribution < -0.4 is 5.73 Å². The number of hydrogen-bond donors (Lipinski definition) is 3. The fraction of sp³-hybridized carbons (Fsp3) is 0.200. The topological polar surface area (TPSA) is 129 Å². The van der Waals surface area contributed by atoms with Crippen molar-refractivity contribution in [2.24, 2.45) is 5.73 Å². The summed E-state index contributed by atoms with van der Waals surface area (Å²) >= 11 is 12.7. The van der Waals surface area contributed by atoms with E-state index in [0.717, 1.165) is 44.4 Å². The van der Waals surface area contributed by atoms with Crippen LogP contribution in [0.5, 0.6) is 0 Å². The Kier molecular flexibility index (Phi) is 6.44. The van der Waals surface area contributed by atoms with Crippen molar-refractivity contribution in [3.05, 3.63) is 58.5 Å². The van der Waals surface area contributed by atoms with Crippen LogP contribution in [-0.4, -0.2) is 46.3 Å². The van der Waals surface area contributed by atoms with Crippen molar-refractivity contribution < 1.29 is 17.8 Å². The zero-order valence-electron chi connectivity index (χ0n) is 16.5. The van der Waals surface area contributed by atoms with Gasteiger partial charge in [-0.15, -0.1) is 11.3 Å². The number of aromatic amines is 1. The minimum absolute atomic E-state index is 0.0119. The maximum atomic E-state index is 11.7. The normalized spacial score (nSPS) is 16.6. The highest BCUT2D eigenvalue weighted by Gasteiger charge is 2.28. The summed E-state index contributed by atoms with van der Waals surface area (Å²) in [4.78, 5) is 20.8. The molecule has 5 rings (SSSR count). The van der Waals surface area contributed by atoms with Gasteiger partial charge in [0.15, 0.2) is 0 Å². The Balaban J connectivity index is 0.000000158. The van der Waals surface area contributed by atoms with Crippen molar-refractivity contribution in [2.45, 2.75) is 23.2 Å². The molecule has 0 radical (unpaired) electrons. The number of aromatic nitrogens is 2. The van der Waals surface area contributed by atoms with E-state index in [9.17, 15) is 13.2 Å². The van der Waals surface area contributed by atoms with Crippen molar-refractivity contribution in [3.8, 4) is 0 Å². The van der Waals surface area contributed by atoms with Gasteiger partial charge in [0, 0.05) is 33.5 Å². The molecule has 0 aliphatic carbocycles. The summed E-state index contributed by atoms with van der Waals surface area (Å²) in [6.07, 6.45) is 2.38. The van der Waals surface area contributed by atoms with Crippen molar-refractivity contribution in [1.29, 1.82) is 0 Å². The van der Waals surface area contributed by atoms with Crippen LogP contribution in [0.3, 0.4) is 0 Å². The highest BCUT2D eigenvalue weighted by atomic mass is 35.5. The van der Waals surface area contributed by atoms with Gasteiger partial charge in [0.2, 0.25) is 5.91 Å². The van der Waals surface area contributed by atoms with Crippen LogP contribution in [0.2, 0.25) is 10.2 Å². The van der Waals surface area contributed by atoms with Gasteiger partial charge >= 0.3 is 10.1 Å². The molecule has 1 aliphatic heterocycles. The molecule has 12 heteroatoms. The molecule has 1 atom stereocenters. The Morgan fingerprint density at radius 3 is 2.69 bits per heavy atom. The molecule has 4 aromatic rings. The number of thiophene rings is 1. The third-order valence-corrected chi connectivity index (χ3v) is 7.91. The summed E-state index contributed by atoms with van der Waals surface area (Å²) < 4.78 is 31.1. The quantitative estimate of drug-likeness (QED) is 0.280.